The maximum absolute atomic E-state index is 14.6. The molecule has 0 aromatic heterocycles. The van der Waals surface area contributed by atoms with E-state index in [4.69, 9.17) is 11.6 Å². The van der Waals surface area contributed by atoms with Crippen LogP contribution in [0.1, 0.15) is 71.4 Å². The second kappa shape index (κ2) is 8.89. The van der Waals surface area contributed by atoms with Crippen LogP contribution in [0.15, 0.2) is 18.7 Å². The highest BCUT2D eigenvalue weighted by Crippen LogP contribution is 2.33. The van der Waals surface area contributed by atoms with Gasteiger partial charge in [0.2, 0.25) is 0 Å². The Morgan fingerprint density at radius 2 is 1.75 bits per heavy atom. The molecule has 1 nitrogen and oxygen atoms in total. The molecular weight excluding hydrogens is 321 g/mol. The highest BCUT2D eigenvalue weighted by atomic mass is 35.5. The van der Waals surface area contributed by atoms with Crippen LogP contribution < -0.4 is 5.32 Å². The maximum Gasteiger partial charge on any atom is 0.136 e. The Hall–Kier alpha value is -1.02. The summed E-state index contributed by atoms with van der Waals surface area (Å²) in [6, 6.07) is 3.71. The molecule has 1 atom stereocenters. The number of nitrogens with one attached hydrogen (secondary N) is 1. The largest absolute Gasteiger partial charge is 0.381 e. The first-order valence-electron chi connectivity index (χ1n) is 9.03. The number of benzene rings is 1. The van der Waals surface area contributed by atoms with E-state index in [0.29, 0.717) is 27.8 Å². The zero-order valence-corrected chi connectivity index (χ0v) is 16.9. The zero-order chi connectivity index (χ0) is 18.5. The summed E-state index contributed by atoms with van der Waals surface area (Å²) in [5.74, 6) is 0.267. The lowest BCUT2D eigenvalue weighted by atomic mass is 9.75. The summed E-state index contributed by atoms with van der Waals surface area (Å²) in [6.45, 7) is 17.0. The predicted molar refractivity (Wildman–Crippen MR) is 105 cm³/mol. The van der Waals surface area contributed by atoms with Crippen LogP contribution in [-0.2, 0) is 0 Å². The first-order chi connectivity index (χ1) is 11.1. The van der Waals surface area contributed by atoms with Crippen LogP contribution in [0.5, 0.6) is 0 Å². The first kappa shape index (κ1) is 21.0. The van der Waals surface area contributed by atoms with Crippen LogP contribution in [-0.4, -0.2) is 6.04 Å². The number of hydrogen-bond acceptors (Lipinski definition) is 1. The number of halogens is 2. The van der Waals surface area contributed by atoms with Crippen LogP contribution in [0.2, 0.25) is 5.02 Å². The molecule has 0 spiro atoms. The Balaban J connectivity index is 3.10. The molecule has 0 aliphatic heterocycles. The minimum absolute atomic E-state index is 0.0654. The Kier molecular flexibility index (Phi) is 7.79. The van der Waals surface area contributed by atoms with E-state index in [1.54, 1.807) is 19.1 Å². The molecule has 1 N–H and O–H groups in total. The number of hydrogen-bond donors (Lipinski definition) is 1. The Labute approximate surface area is 152 Å². The fourth-order valence-electron chi connectivity index (χ4n) is 3.42. The van der Waals surface area contributed by atoms with Gasteiger partial charge in [-0.3, -0.25) is 0 Å². The van der Waals surface area contributed by atoms with Gasteiger partial charge < -0.3 is 5.32 Å². The van der Waals surface area contributed by atoms with Gasteiger partial charge in [0.05, 0.1) is 0 Å². The first-order valence-corrected chi connectivity index (χ1v) is 9.41. The molecule has 0 heterocycles. The minimum atomic E-state index is -0.282. The topological polar surface area (TPSA) is 12.0 Å². The van der Waals surface area contributed by atoms with Crippen LogP contribution in [0.25, 0.3) is 5.70 Å². The van der Waals surface area contributed by atoms with Gasteiger partial charge in [-0.15, -0.1) is 0 Å². The Bertz CT molecular complexity index is 554. The molecule has 1 rings (SSSR count). The van der Waals surface area contributed by atoms with Crippen molar-refractivity contribution in [2.45, 2.75) is 73.3 Å². The molecule has 0 saturated heterocycles. The van der Waals surface area contributed by atoms with Crippen molar-refractivity contribution in [3.05, 3.63) is 40.7 Å². The second-order valence-electron chi connectivity index (χ2n) is 7.84. The predicted octanol–water partition coefficient (Wildman–Crippen LogP) is 6.98. The standard InChI is InChI=1S/C21H33ClFN/c1-8-10-16(11-9-2)20(21(5,6)7)24-15(4)17-12-13-18(22)14(3)19(17)23/h12-13,16,20,24H,4,8-11H2,1-3,5-7H3. The van der Waals surface area contributed by atoms with E-state index in [1.165, 1.54) is 0 Å². The Morgan fingerprint density at radius 3 is 2.21 bits per heavy atom. The average Bonchev–Trinajstić information content (AvgIpc) is 2.49. The van der Waals surface area contributed by atoms with Crippen molar-refractivity contribution in [2.24, 2.45) is 11.3 Å². The summed E-state index contributed by atoms with van der Waals surface area (Å²) in [6.07, 6.45) is 4.63. The normalized spacial score (nSPS) is 13.2. The van der Waals surface area contributed by atoms with Gasteiger partial charge in [-0.05, 0) is 43.2 Å². The Morgan fingerprint density at radius 1 is 1.21 bits per heavy atom. The van der Waals surface area contributed by atoms with Crippen LogP contribution in [0.3, 0.4) is 0 Å². The van der Waals surface area contributed by atoms with E-state index in [0.717, 1.165) is 25.7 Å². The molecule has 0 radical (unpaired) electrons. The average molecular weight is 354 g/mol. The SMILES string of the molecule is C=C(NC(C(CCC)CCC)C(C)(C)C)c1ccc(Cl)c(C)c1F. The molecule has 1 aromatic carbocycles. The van der Waals surface area contributed by atoms with Gasteiger partial charge in [0.15, 0.2) is 0 Å². The highest BCUT2D eigenvalue weighted by molar-refractivity contribution is 6.31. The number of rotatable bonds is 8. The third-order valence-corrected chi connectivity index (χ3v) is 5.11. The van der Waals surface area contributed by atoms with Crippen molar-refractivity contribution in [3.8, 4) is 0 Å². The minimum Gasteiger partial charge on any atom is -0.381 e. The summed E-state index contributed by atoms with van der Waals surface area (Å²) in [4.78, 5) is 0. The molecule has 1 unspecified atom stereocenters. The van der Waals surface area contributed by atoms with Crippen molar-refractivity contribution >= 4 is 17.3 Å². The third-order valence-electron chi connectivity index (χ3n) is 4.70. The molecule has 3 heteroatoms. The van der Waals surface area contributed by atoms with Gasteiger partial charge >= 0.3 is 0 Å². The quantitative estimate of drug-likeness (QED) is 0.531. The van der Waals surface area contributed by atoms with E-state index in [9.17, 15) is 4.39 Å². The monoisotopic (exact) mass is 353 g/mol. The maximum atomic E-state index is 14.6. The van der Waals surface area contributed by atoms with Crippen LogP contribution >= 0.6 is 11.6 Å². The lowest BCUT2D eigenvalue weighted by Crippen LogP contribution is -2.45. The molecule has 0 aliphatic carbocycles. The smallest absolute Gasteiger partial charge is 0.136 e. The highest BCUT2D eigenvalue weighted by Gasteiger charge is 2.32. The summed E-state index contributed by atoms with van der Waals surface area (Å²) in [7, 11) is 0. The lowest BCUT2D eigenvalue weighted by Gasteiger charge is -2.39. The lowest BCUT2D eigenvalue weighted by molar-refractivity contribution is 0.192. The molecule has 0 amide bonds. The molecule has 136 valence electrons. The van der Waals surface area contributed by atoms with Gasteiger partial charge in [-0.25, -0.2) is 4.39 Å². The van der Waals surface area contributed by atoms with Crippen molar-refractivity contribution in [1.29, 1.82) is 0 Å². The van der Waals surface area contributed by atoms with E-state index >= 15 is 0 Å². The molecule has 24 heavy (non-hydrogen) atoms. The van der Waals surface area contributed by atoms with Gasteiger partial charge in [0.1, 0.15) is 5.82 Å². The van der Waals surface area contributed by atoms with Gasteiger partial charge in [-0.1, -0.05) is 65.6 Å². The summed E-state index contributed by atoms with van der Waals surface area (Å²) >= 11 is 6.01. The van der Waals surface area contributed by atoms with Gasteiger partial charge in [0.25, 0.3) is 0 Å². The molecular formula is C21H33ClFN. The summed E-state index contributed by atoms with van der Waals surface area (Å²) in [5.41, 5.74) is 1.70. The third kappa shape index (κ3) is 5.24. The van der Waals surface area contributed by atoms with Crippen molar-refractivity contribution < 1.29 is 4.39 Å². The van der Waals surface area contributed by atoms with Gasteiger partial charge in [-0.2, -0.15) is 0 Å². The fourth-order valence-corrected chi connectivity index (χ4v) is 3.57. The molecule has 0 fully saturated rings. The van der Waals surface area contributed by atoms with Gasteiger partial charge in [0, 0.05) is 27.9 Å². The van der Waals surface area contributed by atoms with E-state index in [-0.39, 0.29) is 17.3 Å². The molecule has 1 aromatic rings. The molecule has 0 aliphatic rings. The van der Waals surface area contributed by atoms with Crippen LogP contribution in [0, 0.1) is 24.1 Å². The van der Waals surface area contributed by atoms with Crippen molar-refractivity contribution in [2.75, 3.05) is 0 Å². The van der Waals surface area contributed by atoms with E-state index < -0.39 is 0 Å². The zero-order valence-electron chi connectivity index (χ0n) is 16.1. The molecule has 0 bridgehead atoms. The van der Waals surface area contributed by atoms with Crippen LogP contribution in [0.4, 0.5) is 4.39 Å². The molecule has 0 saturated carbocycles. The van der Waals surface area contributed by atoms with E-state index in [1.807, 2.05) is 0 Å². The summed E-state index contributed by atoms with van der Waals surface area (Å²) < 4.78 is 14.6. The fraction of sp³-hybridized carbons (Fsp3) is 0.619. The van der Waals surface area contributed by atoms with Crippen molar-refractivity contribution in [1.82, 2.24) is 5.32 Å². The van der Waals surface area contributed by atoms with E-state index in [2.05, 4.69) is 46.5 Å². The van der Waals surface area contributed by atoms with Crippen molar-refractivity contribution in [3.63, 3.8) is 0 Å². The second-order valence-corrected chi connectivity index (χ2v) is 8.25. The summed E-state index contributed by atoms with van der Waals surface area (Å²) in [5, 5.41) is 4.00.